The van der Waals surface area contributed by atoms with Crippen LogP contribution in [0.4, 0.5) is 0 Å². The Bertz CT molecular complexity index is 859. The van der Waals surface area contributed by atoms with Gasteiger partial charge in [0, 0.05) is 12.0 Å². The Kier molecular flexibility index (Phi) is 7.08. The molecule has 1 atom stereocenters. The van der Waals surface area contributed by atoms with Crippen molar-refractivity contribution < 1.29 is 19.1 Å². The second-order valence-corrected chi connectivity index (χ2v) is 5.71. The van der Waals surface area contributed by atoms with Gasteiger partial charge in [0.1, 0.15) is 6.04 Å². The molecule has 0 saturated carbocycles. The van der Waals surface area contributed by atoms with E-state index in [1.807, 2.05) is 6.07 Å². The molecule has 0 aromatic heterocycles. The molecule has 0 saturated heterocycles. The van der Waals surface area contributed by atoms with Crippen molar-refractivity contribution in [2.45, 2.75) is 12.5 Å². The van der Waals surface area contributed by atoms with E-state index >= 15 is 0 Å². The van der Waals surface area contributed by atoms with E-state index < -0.39 is 17.9 Å². The first-order valence-corrected chi connectivity index (χ1v) is 8.23. The van der Waals surface area contributed by atoms with Crippen LogP contribution in [0.5, 0.6) is 0 Å². The minimum Gasteiger partial charge on any atom is -0.467 e. The van der Waals surface area contributed by atoms with E-state index in [9.17, 15) is 14.4 Å². The maximum atomic E-state index is 12.1. The van der Waals surface area contributed by atoms with Crippen LogP contribution < -0.4 is 10.6 Å². The van der Waals surface area contributed by atoms with Crippen molar-refractivity contribution in [1.29, 1.82) is 5.26 Å². The Morgan fingerprint density at radius 2 is 1.85 bits per heavy atom. The lowest BCUT2D eigenvalue weighted by Gasteiger charge is -2.17. The molecule has 0 aliphatic carbocycles. The number of nitrogens with one attached hydrogen (secondary N) is 2. The fourth-order valence-corrected chi connectivity index (χ4v) is 2.44. The van der Waals surface area contributed by atoms with Gasteiger partial charge in [-0.1, -0.05) is 30.3 Å². The Balaban J connectivity index is 1.96. The summed E-state index contributed by atoms with van der Waals surface area (Å²) in [7, 11) is 1.23. The average Bonchev–Trinajstić information content (AvgIpc) is 2.71. The summed E-state index contributed by atoms with van der Waals surface area (Å²) < 4.78 is 4.73. The van der Waals surface area contributed by atoms with Gasteiger partial charge >= 0.3 is 5.97 Å². The fourth-order valence-electron chi connectivity index (χ4n) is 2.44. The van der Waals surface area contributed by atoms with Crippen LogP contribution in [0.3, 0.4) is 0 Å². The maximum Gasteiger partial charge on any atom is 0.328 e. The highest BCUT2D eigenvalue weighted by Crippen LogP contribution is 2.08. The van der Waals surface area contributed by atoms with Crippen LogP contribution >= 0.6 is 0 Å². The molecule has 138 valence electrons. The van der Waals surface area contributed by atoms with Crippen LogP contribution in [0.15, 0.2) is 54.6 Å². The number of ether oxygens (including phenoxy) is 1. The van der Waals surface area contributed by atoms with Crippen molar-refractivity contribution in [2.75, 3.05) is 13.7 Å². The molecule has 0 aliphatic heterocycles. The molecule has 2 amide bonds. The molecule has 0 unspecified atom stereocenters. The van der Waals surface area contributed by atoms with Crippen LogP contribution in [-0.4, -0.2) is 37.5 Å². The van der Waals surface area contributed by atoms with E-state index in [1.165, 1.54) is 7.11 Å². The number of carbonyl (C=O) groups excluding carboxylic acids is 3. The zero-order chi connectivity index (χ0) is 19.6. The molecule has 2 rings (SSSR count). The molecular formula is C20H19N3O4. The molecule has 0 heterocycles. The van der Waals surface area contributed by atoms with Gasteiger partial charge in [0.2, 0.25) is 5.91 Å². The molecule has 0 spiro atoms. The van der Waals surface area contributed by atoms with Gasteiger partial charge in [-0.05, 0) is 29.8 Å². The van der Waals surface area contributed by atoms with Gasteiger partial charge in [-0.2, -0.15) is 5.26 Å². The molecule has 7 nitrogen and oxygen atoms in total. The highest BCUT2D eigenvalue weighted by molar-refractivity contribution is 5.96. The number of benzene rings is 2. The standard InChI is InChI=1S/C20H19N3O4/c1-27-20(26)17(11-14-6-5-7-15(10-14)12-21)23-18(24)13-22-19(25)16-8-3-2-4-9-16/h2-10,17H,11,13H2,1H3,(H,22,25)(H,23,24)/t17-/m0/s1. The van der Waals surface area contributed by atoms with Gasteiger partial charge in [0.05, 0.1) is 25.3 Å². The van der Waals surface area contributed by atoms with Crippen LogP contribution in [0.2, 0.25) is 0 Å². The topological polar surface area (TPSA) is 108 Å². The van der Waals surface area contributed by atoms with Crippen molar-refractivity contribution in [3.8, 4) is 6.07 Å². The molecule has 0 radical (unpaired) electrons. The molecule has 2 aromatic rings. The number of esters is 1. The van der Waals surface area contributed by atoms with Crippen molar-refractivity contribution >= 4 is 17.8 Å². The van der Waals surface area contributed by atoms with E-state index in [2.05, 4.69) is 10.6 Å². The van der Waals surface area contributed by atoms with Gasteiger partial charge in [0.15, 0.2) is 0 Å². The number of rotatable bonds is 7. The summed E-state index contributed by atoms with van der Waals surface area (Å²) >= 11 is 0. The van der Waals surface area contributed by atoms with Gasteiger partial charge in [-0.25, -0.2) is 4.79 Å². The number of hydrogen-bond donors (Lipinski definition) is 2. The number of methoxy groups -OCH3 is 1. The Morgan fingerprint density at radius 3 is 2.52 bits per heavy atom. The van der Waals surface area contributed by atoms with Crippen LogP contribution in [0.1, 0.15) is 21.5 Å². The zero-order valence-electron chi connectivity index (χ0n) is 14.8. The smallest absolute Gasteiger partial charge is 0.328 e. The normalized spacial score (nSPS) is 11.0. The highest BCUT2D eigenvalue weighted by atomic mass is 16.5. The van der Waals surface area contributed by atoms with E-state index in [0.717, 1.165) is 0 Å². The van der Waals surface area contributed by atoms with Gasteiger partial charge < -0.3 is 15.4 Å². The van der Waals surface area contributed by atoms with Crippen LogP contribution in [0, 0.1) is 11.3 Å². The number of nitrogens with zero attached hydrogens (tertiary/aromatic N) is 1. The minimum absolute atomic E-state index is 0.167. The molecule has 0 bridgehead atoms. The molecule has 0 fully saturated rings. The lowest BCUT2D eigenvalue weighted by atomic mass is 10.0. The summed E-state index contributed by atoms with van der Waals surface area (Å²) in [5, 5.41) is 14.0. The Hall–Kier alpha value is -3.66. The first-order chi connectivity index (χ1) is 13.0. The minimum atomic E-state index is -0.926. The third-order valence-electron chi connectivity index (χ3n) is 3.76. The molecule has 0 aliphatic rings. The summed E-state index contributed by atoms with van der Waals surface area (Å²) in [6, 6.07) is 16.3. The number of carbonyl (C=O) groups is 3. The third-order valence-corrected chi connectivity index (χ3v) is 3.76. The maximum absolute atomic E-state index is 12.1. The van der Waals surface area contributed by atoms with Gasteiger partial charge in [0.25, 0.3) is 5.91 Å². The lowest BCUT2D eigenvalue weighted by molar-refractivity contribution is -0.144. The Labute approximate surface area is 156 Å². The van der Waals surface area contributed by atoms with Gasteiger partial charge in [-0.15, -0.1) is 0 Å². The SMILES string of the molecule is COC(=O)[C@H](Cc1cccc(C#N)c1)NC(=O)CNC(=O)c1ccccc1. The van der Waals surface area contributed by atoms with E-state index in [1.54, 1.807) is 54.6 Å². The van der Waals surface area contributed by atoms with Gasteiger partial charge in [-0.3, -0.25) is 9.59 Å². The first kappa shape index (κ1) is 19.7. The highest BCUT2D eigenvalue weighted by Gasteiger charge is 2.22. The van der Waals surface area contributed by atoms with Crippen LogP contribution in [0.25, 0.3) is 0 Å². The molecule has 2 N–H and O–H groups in total. The lowest BCUT2D eigenvalue weighted by Crippen LogP contribution is -2.47. The van der Waals surface area contributed by atoms with Crippen LogP contribution in [-0.2, 0) is 20.7 Å². The summed E-state index contributed by atoms with van der Waals surface area (Å²) in [5.74, 6) is -1.52. The molecular weight excluding hydrogens is 346 g/mol. The summed E-state index contributed by atoms with van der Waals surface area (Å²) in [6.07, 6.45) is 0.167. The quantitative estimate of drug-likeness (QED) is 0.717. The van der Waals surface area contributed by atoms with E-state index in [4.69, 9.17) is 10.00 Å². The van der Waals surface area contributed by atoms with Crippen molar-refractivity contribution in [3.05, 3.63) is 71.3 Å². The molecule has 27 heavy (non-hydrogen) atoms. The Morgan fingerprint density at radius 1 is 1.11 bits per heavy atom. The summed E-state index contributed by atoms with van der Waals surface area (Å²) in [6.45, 7) is -0.278. The summed E-state index contributed by atoms with van der Waals surface area (Å²) in [5.41, 5.74) is 1.60. The summed E-state index contributed by atoms with van der Waals surface area (Å²) in [4.78, 5) is 36.1. The largest absolute Gasteiger partial charge is 0.467 e. The van der Waals surface area contributed by atoms with E-state index in [-0.39, 0.29) is 18.9 Å². The second kappa shape index (κ2) is 9.73. The molecule has 2 aromatic carbocycles. The molecule has 7 heteroatoms. The predicted molar refractivity (Wildman–Crippen MR) is 97.6 cm³/mol. The monoisotopic (exact) mass is 365 g/mol. The third kappa shape index (κ3) is 5.97. The first-order valence-electron chi connectivity index (χ1n) is 8.23. The number of amides is 2. The van der Waals surface area contributed by atoms with Crippen molar-refractivity contribution in [3.63, 3.8) is 0 Å². The second-order valence-electron chi connectivity index (χ2n) is 5.71. The number of hydrogen-bond acceptors (Lipinski definition) is 5. The van der Waals surface area contributed by atoms with Crippen molar-refractivity contribution in [2.24, 2.45) is 0 Å². The zero-order valence-corrected chi connectivity index (χ0v) is 14.8. The number of nitriles is 1. The van der Waals surface area contributed by atoms with Crippen molar-refractivity contribution in [1.82, 2.24) is 10.6 Å². The van der Waals surface area contributed by atoms with E-state index in [0.29, 0.717) is 16.7 Å². The predicted octanol–water partition coefficient (Wildman–Crippen LogP) is 1.19. The fraction of sp³-hybridized carbons (Fsp3) is 0.200. The average molecular weight is 365 g/mol.